The number of anilines is 1. The topological polar surface area (TPSA) is 75.4 Å². The molecule has 1 fully saturated rings. The zero-order valence-corrected chi connectivity index (χ0v) is 13.1. The van der Waals surface area contributed by atoms with E-state index in [4.69, 9.17) is 5.14 Å². The monoisotopic (exact) mass is 297 g/mol. The first kappa shape index (κ1) is 15.3. The van der Waals surface area contributed by atoms with Gasteiger partial charge in [0.1, 0.15) is 0 Å². The molecule has 1 atom stereocenters. The van der Waals surface area contributed by atoms with Crippen LogP contribution >= 0.6 is 0 Å². The van der Waals surface area contributed by atoms with Crippen molar-refractivity contribution in [1.82, 2.24) is 4.90 Å². The van der Waals surface area contributed by atoms with E-state index in [2.05, 4.69) is 17.3 Å². The fraction of sp³-hybridized carbons (Fsp3) is 0.571. The molecule has 3 N–H and O–H groups in total. The van der Waals surface area contributed by atoms with Gasteiger partial charge in [-0.3, -0.25) is 0 Å². The summed E-state index contributed by atoms with van der Waals surface area (Å²) in [6.07, 6.45) is 2.25. The fourth-order valence-corrected chi connectivity index (χ4v) is 3.27. The number of rotatable bonds is 3. The Morgan fingerprint density at radius 3 is 2.65 bits per heavy atom. The third-order valence-electron chi connectivity index (χ3n) is 3.95. The van der Waals surface area contributed by atoms with Gasteiger partial charge in [-0.2, -0.15) is 0 Å². The number of sulfonamides is 1. The summed E-state index contributed by atoms with van der Waals surface area (Å²) in [6.45, 7) is 5.99. The number of hydrogen-bond donors (Lipinski definition) is 2. The van der Waals surface area contributed by atoms with Crippen molar-refractivity contribution in [2.45, 2.75) is 37.6 Å². The van der Waals surface area contributed by atoms with Crippen LogP contribution in [-0.4, -0.2) is 39.5 Å². The van der Waals surface area contributed by atoms with Crippen molar-refractivity contribution in [1.29, 1.82) is 0 Å². The number of aryl methyl sites for hydroxylation is 1. The number of likely N-dealkylation sites (tertiary alicyclic amines) is 1. The molecule has 1 saturated heterocycles. The number of nitrogens with zero attached hydrogens (tertiary/aromatic N) is 1. The molecule has 6 heteroatoms. The first-order valence-corrected chi connectivity index (χ1v) is 8.41. The van der Waals surface area contributed by atoms with Crippen LogP contribution in [-0.2, 0) is 10.0 Å². The van der Waals surface area contributed by atoms with Gasteiger partial charge in [0.05, 0.1) is 4.90 Å². The molecule has 20 heavy (non-hydrogen) atoms. The van der Waals surface area contributed by atoms with Crippen LogP contribution in [0.5, 0.6) is 0 Å². The molecule has 1 unspecified atom stereocenters. The van der Waals surface area contributed by atoms with E-state index in [-0.39, 0.29) is 4.90 Å². The first-order valence-electron chi connectivity index (χ1n) is 6.86. The highest BCUT2D eigenvalue weighted by molar-refractivity contribution is 7.89. The molecule has 0 bridgehead atoms. The highest BCUT2D eigenvalue weighted by Gasteiger charge is 2.19. The maximum atomic E-state index is 11.5. The van der Waals surface area contributed by atoms with Gasteiger partial charge in [-0.1, -0.05) is 0 Å². The van der Waals surface area contributed by atoms with Crippen molar-refractivity contribution in [2.75, 3.05) is 25.5 Å². The maximum absolute atomic E-state index is 11.5. The van der Waals surface area contributed by atoms with Crippen molar-refractivity contribution >= 4 is 15.7 Å². The number of hydrogen-bond acceptors (Lipinski definition) is 4. The summed E-state index contributed by atoms with van der Waals surface area (Å²) in [7, 11) is -1.56. The molecule has 1 heterocycles. The maximum Gasteiger partial charge on any atom is 0.238 e. The summed E-state index contributed by atoms with van der Waals surface area (Å²) >= 11 is 0. The van der Waals surface area contributed by atoms with Gasteiger partial charge in [0, 0.05) is 18.3 Å². The Hall–Kier alpha value is -1.11. The molecular formula is C14H23N3O2S. The van der Waals surface area contributed by atoms with Crippen molar-refractivity contribution in [3.05, 3.63) is 23.3 Å². The third kappa shape index (κ3) is 3.50. The average Bonchev–Trinajstić information content (AvgIpc) is 2.33. The molecule has 1 aromatic rings. The Balaban J connectivity index is 2.29. The molecular weight excluding hydrogens is 274 g/mol. The molecule has 2 rings (SSSR count). The van der Waals surface area contributed by atoms with E-state index in [9.17, 15) is 8.42 Å². The van der Waals surface area contributed by atoms with Gasteiger partial charge in [-0.15, -0.1) is 0 Å². The van der Waals surface area contributed by atoms with Crippen LogP contribution < -0.4 is 10.5 Å². The van der Waals surface area contributed by atoms with Crippen molar-refractivity contribution in [3.8, 4) is 0 Å². The molecule has 1 aliphatic rings. The average molecular weight is 297 g/mol. The Kier molecular flexibility index (Phi) is 4.36. The van der Waals surface area contributed by atoms with E-state index in [0.717, 1.165) is 42.7 Å². The van der Waals surface area contributed by atoms with Crippen molar-refractivity contribution in [3.63, 3.8) is 0 Å². The second-order valence-electron chi connectivity index (χ2n) is 5.70. The number of nitrogens with one attached hydrogen (secondary N) is 1. The minimum Gasteiger partial charge on any atom is -0.381 e. The molecule has 0 saturated carbocycles. The van der Waals surface area contributed by atoms with Crippen molar-refractivity contribution in [2.24, 2.45) is 5.14 Å². The van der Waals surface area contributed by atoms with Gasteiger partial charge in [-0.25, -0.2) is 13.6 Å². The van der Waals surface area contributed by atoms with Gasteiger partial charge in [0.25, 0.3) is 0 Å². The summed E-state index contributed by atoms with van der Waals surface area (Å²) in [5, 5.41) is 8.71. The Bertz CT molecular complexity index is 599. The quantitative estimate of drug-likeness (QED) is 0.885. The highest BCUT2D eigenvalue weighted by atomic mass is 32.2. The second-order valence-corrected chi connectivity index (χ2v) is 7.26. The number of piperidine rings is 1. The molecule has 5 nitrogen and oxygen atoms in total. The zero-order valence-electron chi connectivity index (χ0n) is 12.3. The molecule has 0 aliphatic carbocycles. The van der Waals surface area contributed by atoms with Gasteiger partial charge in [-0.05, 0) is 63.5 Å². The number of nitrogens with two attached hydrogens (primary N) is 1. The molecule has 112 valence electrons. The van der Waals surface area contributed by atoms with Crippen LogP contribution in [0.3, 0.4) is 0 Å². The summed E-state index contributed by atoms with van der Waals surface area (Å²) < 4.78 is 23.1. The normalized spacial score (nSPS) is 20.9. The largest absolute Gasteiger partial charge is 0.381 e. The molecule has 0 aromatic heterocycles. The van der Waals surface area contributed by atoms with Crippen LogP contribution in [0.1, 0.15) is 24.0 Å². The van der Waals surface area contributed by atoms with E-state index in [1.807, 2.05) is 13.8 Å². The summed E-state index contributed by atoms with van der Waals surface area (Å²) in [5.74, 6) is 0. The summed E-state index contributed by atoms with van der Waals surface area (Å²) in [5.41, 5.74) is 2.88. The molecule has 1 aromatic carbocycles. The van der Waals surface area contributed by atoms with E-state index in [1.54, 1.807) is 12.1 Å². The molecule has 0 amide bonds. The van der Waals surface area contributed by atoms with Crippen LogP contribution in [0.4, 0.5) is 5.69 Å². The smallest absolute Gasteiger partial charge is 0.238 e. The van der Waals surface area contributed by atoms with E-state index < -0.39 is 10.0 Å². The minimum absolute atomic E-state index is 0.173. The predicted octanol–water partition coefficient (Wildman–Crippen LogP) is 1.46. The molecule has 0 spiro atoms. The third-order valence-corrected chi connectivity index (χ3v) is 4.85. The van der Waals surface area contributed by atoms with Gasteiger partial charge in [0.15, 0.2) is 0 Å². The number of primary sulfonamides is 1. The predicted molar refractivity (Wildman–Crippen MR) is 81.4 cm³/mol. The van der Waals surface area contributed by atoms with Crippen molar-refractivity contribution < 1.29 is 8.42 Å². The first-order chi connectivity index (χ1) is 9.27. The Morgan fingerprint density at radius 2 is 2.05 bits per heavy atom. The fourth-order valence-electron chi connectivity index (χ4n) is 2.64. The second kappa shape index (κ2) is 5.71. The highest BCUT2D eigenvalue weighted by Crippen LogP contribution is 2.25. The SMILES string of the molecule is Cc1cc(S(N)(=O)=O)cc(NC2CCCN(C)C2)c1C. The molecule has 1 aliphatic heterocycles. The van der Waals surface area contributed by atoms with Gasteiger partial charge in [0.2, 0.25) is 10.0 Å². The minimum atomic E-state index is -3.67. The lowest BCUT2D eigenvalue weighted by Crippen LogP contribution is -2.39. The number of likely N-dealkylation sites (N-methyl/N-ethyl adjacent to an activating group) is 1. The van der Waals surface area contributed by atoms with Gasteiger partial charge >= 0.3 is 0 Å². The number of benzene rings is 1. The lowest BCUT2D eigenvalue weighted by Gasteiger charge is -2.31. The standard InChI is InChI=1S/C14H23N3O2S/c1-10-7-13(20(15,18)19)8-14(11(10)2)16-12-5-4-6-17(3)9-12/h7-8,12,16H,4-6,9H2,1-3H3,(H2,15,18,19). The van der Waals surface area contributed by atoms with E-state index in [1.165, 1.54) is 0 Å². The summed E-state index contributed by atoms with van der Waals surface area (Å²) in [6, 6.07) is 3.62. The van der Waals surface area contributed by atoms with Crippen LogP contribution in [0.2, 0.25) is 0 Å². The van der Waals surface area contributed by atoms with Crippen LogP contribution in [0.15, 0.2) is 17.0 Å². The zero-order chi connectivity index (χ0) is 14.9. The van der Waals surface area contributed by atoms with Crippen LogP contribution in [0.25, 0.3) is 0 Å². The van der Waals surface area contributed by atoms with Gasteiger partial charge < -0.3 is 10.2 Å². The lowest BCUT2D eigenvalue weighted by atomic mass is 10.0. The van der Waals surface area contributed by atoms with E-state index >= 15 is 0 Å². The van der Waals surface area contributed by atoms with E-state index in [0.29, 0.717) is 6.04 Å². The Labute approximate surface area is 121 Å². The summed E-state index contributed by atoms with van der Waals surface area (Å²) in [4.78, 5) is 2.46. The molecule has 0 radical (unpaired) electrons. The Morgan fingerprint density at radius 1 is 1.35 bits per heavy atom. The van der Waals surface area contributed by atoms with Crippen LogP contribution in [0, 0.1) is 13.8 Å². The lowest BCUT2D eigenvalue weighted by molar-refractivity contribution is 0.261.